The number of non-ortho nitro benzene ring substituents is 1. The lowest BCUT2D eigenvalue weighted by Crippen LogP contribution is -2.32. The van der Waals surface area contributed by atoms with Crippen LogP contribution in [-0.4, -0.2) is 34.9 Å². The molecule has 0 atom stereocenters. The highest BCUT2D eigenvalue weighted by Crippen LogP contribution is 2.36. The molecule has 2 aromatic carbocycles. The summed E-state index contributed by atoms with van der Waals surface area (Å²) in [6.07, 6.45) is 0. The summed E-state index contributed by atoms with van der Waals surface area (Å²) >= 11 is 12.1. The fourth-order valence-electron chi connectivity index (χ4n) is 2.71. The Labute approximate surface area is 178 Å². The second kappa shape index (κ2) is 8.01. The number of carbonyl (C=O) groups excluding carboxylic acids is 2. The first-order valence-corrected chi connectivity index (χ1v) is 8.82. The Bertz CT molecular complexity index is 1150. The molecule has 2 N–H and O–H groups in total. The van der Waals surface area contributed by atoms with E-state index in [4.69, 9.17) is 27.9 Å². The normalized spacial score (nSPS) is 13.6. The molecule has 1 heterocycles. The zero-order valence-electron chi connectivity index (χ0n) is 15.0. The molecule has 0 bridgehead atoms. The van der Waals surface area contributed by atoms with Crippen LogP contribution in [0.25, 0.3) is 0 Å². The van der Waals surface area contributed by atoms with Gasteiger partial charge in [0.15, 0.2) is 0 Å². The van der Waals surface area contributed by atoms with Gasteiger partial charge < -0.3 is 15.2 Å². The van der Waals surface area contributed by atoms with Gasteiger partial charge in [0.1, 0.15) is 22.0 Å². The first-order chi connectivity index (χ1) is 14.1. The zero-order valence-corrected chi connectivity index (χ0v) is 16.5. The third kappa shape index (κ3) is 3.65. The number of rotatable bonds is 6. The number of carbonyl (C=O) groups is 3. The fraction of sp³-hybridized carbons (Fsp3) is 0.0556. The highest BCUT2D eigenvalue weighted by Gasteiger charge is 2.39. The maximum absolute atomic E-state index is 12.8. The Morgan fingerprint density at radius 2 is 1.90 bits per heavy atom. The summed E-state index contributed by atoms with van der Waals surface area (Å²) < 4.78 is 5.01. The summed E-state index contributed by atoms with van der Waals surface area (Å²) in [7, 11) is 1.25. The maximum Gasteiger partial charge on any atom is 0.339 e. The number of amides is 2. The monoisotopic (exact) mass is 451 g/mol. The van der Waals surface area contributed by atoms with Gasteiger partial charge in [-0.3, -0.25) is 19.7 Å². The molecule has 0 unspecified atom stereocenters. The van der Waals surface area contributed by atoms with Crippen molar-refractivity contribution in [3.8, 4) is 5.75 Å². The molecule has 0 aliphatic carbocycles. The third-order valence-electron chi connectivity index (χ3n) is 4.11. The summed E-state index contributed by atoms with van der Waals surface area (Å²) in [5, 5.41) is 22.2. The van der Waals surface area contributed by atoms with Crippen molar-refractivity contribution < 1.29 is 29.2 Å². The fourth-order valence-corrected chi connectivity index (χ4v) is 3.13. The van der Waals surface area contributed by atoms with Crippen molar-refractivity contribution in [2.24, 2.45) is 0 Å². The molecule has 1 aliphatic rings. The Morgan fingerprint density at radius 1 is 1.20 bits per heavy atom. The van der Waals surface area contributed by atoms with Gasteiger partial charge >= 0.3 is 5.97 Å². The number of methoxy groups -OCH3 is 1. The largest absolute Gasteiger partial charge is 0.496 e. The van der Waals surface area contributed by atoms with Crippen molar-refractivity contribution in [2.45, 2.75) is 0 Å². The number of ether oxygens (including phenoxy) is 1. The molecule has 30 heavy (non-hydrogen) atoms. The minimum atomic E-state index is -1.28. The molecule has 154 valence electrons. The van der Waals surface area contributed by atoms with Gasteiger partial charge in [-0.2, -0.15) is 0 Å². The first kappa shape index (κ1) is 21.1. The predicted octanol–water partition coefficient (Wildman–Crippen LogP) is 3.39. The van der Waals surface area contributed by atoms with E-state index in [2.05, 4.69) is 5.32 Å². The number of nitrogens with one attached hydrogen (secondary N) is 1. The second-order valence-corrected chi connectivity index (χ2v) is 6.66. The first-order valence-electron chi connectivity index (χ1n) is 8.06. The Balaban J connectivity index is 1.98. The van der Waals surface area contributed by atoms with E-state index in [9.17, 15) is 29.6 Å². The van der Waals surface area contributed by atoms with Crippen LogP contribution in [0.2, 0.25) is 5.02 Å². The number of imide groups is 1. The third-order valence-corrected chi connectivity index (χ3v) is 4.77. The standard InChI is InChI=1S/C18H11Cl2N3O7/c1-30-13-7-12(11(19)6-10(13)18(26)27)21-15-14(20)16(24)22(17(15)25)8-3-2-4-9(5-8)23(28)29/h2-7,21H,1H3,(H,26,27). The topological polar surface area (TPSA) is 139 Å². The number of nitro benzene ring substituents is 1. The summed E-state index contributed by atoms with van der Waals surface area (Å²) in [6.45, 7) is 0. The number of halogens is 2. The van der Waals surface area contributed by atoms with Crippen LogP contribution >= 0.6 is 23.2 Å². The predicted molar refractivity (Wildman–Crippen MR) is 107 cm³/mol. The van der Waals surface area contributed by atoms with Crippen molar-refractivity contribution in [3.63, 3.8) is 0 Å². The van der Waals surface area contributed by atoms with Gasteiger partial charge in [0.2, 0.25) is 0 Å². The minimum absolute atomic E-state index is 0.0425. The van der Waals surface area contributed by atoms with Crippen LogP contribution in [0.15, 0.2) is 47.1 Å². The van der Waals surface area contributed by atoms with Crippen molar-refractivity contribution in [1.82, 2.24) is 0 Å². The molecule has 0 saturated heterocycles. The molecule has 1 aliphatic heterocycles. The van der Waals surface area contributed by atoms with E-state index >= 15 is 0 Å². The van der Waals surface area contributed by atoms with Gasteiger partial charge in [-0.25, -0.2) is 9.69 Å². The van der Waals surface area contributed by atoms with Gasteiger partial charge in [-0.05, 0) is 12.1 Å². The lowest BCUT2D eigenvalue weighted by molar-refractivity contribution is -0.384. The van der Waals surface area contributed by atoms with E-state index in [1.165, 1.54) is 31.4 Å². The summed E-state index contributed by atoms with van der Waals surface area (Å²) in [4.78, 5) is 47.6. The molecule has 0 radical (unpaired) electrons. The lowest BCUT2D eigenvalue weighted by Gasteiger charge is -2.16. The van der Waals surface area contributed by atoms with Crippen molar-refractivity contribution >= 4 is 58.0 Å². The Hall–Kier alpha value is -3.63. The van der Waals surface area contributed by atoms with Crippen LogP contribution in [0.3, 0.4) is 0 Å². The molecule has 10 nitrogen and oxygen atoms in total. The number of hydrogen-bond donors (Lipinski definition) is 2. The Kier molecular flexibility index (Phi) is 5.63. The Morgan fingerprint density at radius 3 is 2.50 bits per heavy atom. The summed E-state index contributed by atoms with van der Waals surface area (Å²) in [5.74, 6) is -3.09. The van der Waals surface area contributed by atoms with Gasteiger partial charge in [-0.15, -0.1) is 0 Å². The van der Waals surface area contributed by atoms with Gasteiger partial charge in [0.25, 0.3) is 17.5 Å². The van der Waals surface area contributed by atoms with Crippen LogP contribution in [0.4, 0.5) is 17.1 Å². The molecule has 3 rings (SSSR count). The number of nitrogens with zero attached hydrogens (tertiary/aromatic N) is 2. The smallest absolute Gasteiger partial charge is 0.339 e. The highest BCUT2D eigenvalue weighted by molar-refractivity contribution is 6.53. The van der Waals surface area contributed by atoms with E-state index in [1.807, 2.05) is 0 Å². The highest BCUT2D eigenvalue weighted by atomic mass is 35.5. The van der Waals surface area contributed by atoms with Crippen LogP contribution in [0.1, 0.15) is 10.4 Å². The summed E-state index contributed by atoms with van der Waals surface area (Å²) in [5.41, 5.74) is -0.837. The number of aromatic carboxylic acids is 1. The van der Waals surface area contributed by atoms with E-state index < -0.39 is 27.7 Å². The van der Waals surface area contributed by atoms with Crippen LogP contribution in [0, 0.1) is 10.1 Å². The molecule has 2 amide bonds. The number of carboxylic acid groups (broad SMARTS) is 1. The van der Waals surface area contributed by atoms with Crippen molar-refractivity contribution in [1.29, 1.82) is 0 Å². The molecular formula is C18H11Cl2N3O7. The van der Waals surface area contributed by atoms with E-state index in [-0.39, 0.29) is 39.1 Å². The zero-order chi connectivity index (χ0) is 22.2. The van der Waals surface area contributed by atoms with E-state index in [0.717, 1.165) is 12.1 Å². The van der Waals surface area contributed by atoms with Crippen LogP contribution < -0.4 is 15.0 Å². The van der Waals surface area contributed by atoms with Crippen molar-refractivity contribution in [3.05, 3.63) is 67.8 Å². The molecule has 0 spiro atoms. The molecular weight excluding hydrogens is 441 g/mol. The summed E-state index contributed by atoms with van der Waals surface area (Å²) in [6, 6.07) is 7.27. The quantitative estimate of drug-likeness (QED) is 0.386. The molecule has 0 fully saturated rings. The molecule has 2 aromatic rings. The van der Waals surface area contributed by atoms with Crippen LogP contribution in [0.5, 0.6) is 5.75 Å². The molecule has 0 saturated carbocycles. The SMILES string of the molecule is COc1cc(NC2=C(Cl)C(=O)N(c3cccc([N+](=O)[O-])c3)C2=O)c(Cl)cc1C(=O)O. The maximum atomic E-state index is 12.8. The lowest BCUT2D eigenvalue weighted by atomic mass is 10.1. The number of anilines is 2. The van der Waals surface area contributed by atoms with E-state index in [1.54, 1.807) is 0 Å². The van der Waals surface area contributed by atoms with Gasteiger partial charge in [0, 0.05) is 18.2 Å². The molecule has 12 heteroatoms. The van der Waals surface area contributed by atoms with Gasteiger partial charge in [0.05, 0.1) is 28.4 Å². The average Bonchev–Trinajstić information content (AvgIpc) is 2.92. The molecule has 0 aromatic heterocycles. The van der Waals surface area contributed by atoms with Crippen LogP contribution in [-0.2, 0) is 9.59 Å². The number of hydrogen-bond acceptors (Lipinski definition) is 7. The van der Waals surface area contributed by atoms with E-state index in [0.29, 0.717) is 4.90 Å². The number of nitro groups is 1. The average molecular weight is 452 g/mol. The van der Waals surface area contributed by atoms with Crippen molar-refractivity contribution in [2.75, 3.05) is 17.3 Å². The number of carboxylic acids is 1. The second-order valence-electron chi connectivity index (χ2n) is 5.87. The number of benzene rings is 2. The van der Waals surface area contributed by atoms with Gasteiger partial charge in [-0.1, -0.05) is 29.3 Å². The minimum Gasteiger partial charge on any atom is -0.496 e.